The average Bonchev–Trinajstić information content (AvgIpc) is 2.86. The van der Waals surface area contributed by atoms with Gasteiger partial charge in [0.25, 0.3) is 0 Å². The van der Waals surface area contributed by atoms with Crippen LogP contribution >= 0.6 is 11.6 Å². The Balaban J connectivity index is 1.43. The van der Waals surface area contributed by atoms with Crippen molar-refractivity contribution in [3.63, 3.8) is 0 Å². The molecule has 4 aromatic rings. The lowest BCUT2D eigenvalue weighted by molar-refractivity contribution is 0.305. The van der Waals surface area contributed by atoms with Crippen LogP contribution in [-0.4, -0.2) is 12.7 Å². The van der Waals surface area contributed by atoms with E-state index in [1.54, 1.807) is 18.2 Å². The number of anilines is 1. The van der Waals surface area contributed by atoms with Crippen LogP contribution < -0.4 is 10.1 Å². The molecular weight excluding hydrogens is 468 g/mol. The summed E-state index contributed by atoms with van der Waals surface area (Å²) in [6.07, 6.45) is -0.554. The SMILES string of the molecule is O=S1(=O)c2ccccc2N[C@@H](c2ccc(OCc3cccc(Cl)c3)cc2)N1Cc1ccccc1. The molecule has 0 saturated heterocycles. The molecule has 1 N–H and O–H groups in total. The van der Waals surface area contributed by atoms with E-state index in [9.17, 15) is 8.42 Å². The largest absolute Gasteiger partial charge is 0.489 e. The van der Waals surface area contributed by atoms with Crippen LogP contribution in [0.1, 0.15) is 22.9 Å². The van der Waals surface area contributed by atoms with E-state index in [4.69, 9.17) is 16.3 Å². The zero-order valence-electron chi connectivity index (χ0n) is 18.3. The number of benzene rings is 4. The van der Waals surface area contributed by atoms with Crippen LogP contribution in [0.3, 0.4) is 0 Å². The number of halogens is 1. The summed E-state index contributed by atoms with van der Waals surface area (Å²) in [7, 11) is -3.71. The Bertz CT molecular complexity index is 1390. The number of nitrogens with zero attached hydrogens (tertiary/aromatic N) is 1. The van der Waals surface area contributed by atoms with Crippen LogP contribution in [0, 0.1) is 0 Å². The zero-order valence-corrected chi connectivity index (χ0v) is 19.8. The molecule has 5 nitrogen and oxygen atoms in total. The van der Waals surface area contributed by atoms with Gasteiger partial charge in [0.1, 0.15) is 23.4 Å². The Morgan fingerprint density at radius 2 is 1.53 bits per heavy atom. The Hall–Kier alpha value is -3.32. The number of rotatable bonds is 6. The molecule has 1 aliphatic heterocycles. The van der Waals surface area contributed by atoms with Crippen molar-refractivity contribution in [1.82, 2.24) is 4.31 Å². The van der Waals surface area contributed by atoms with Crippen LogP contribution in [0.15, 0.2) is 108 Å². The van der Waals surface area contributed by atoms with Gasteiger partial charge in [0.2, 0.25) is 10.0 Å². The number of para-hydroxylation sites is 1. The first kappa shape index (κ1) is 22.5. The van der Waals surface area contributed by atoms with E-state index in [1.807, 2.05) is 84.9 Å². The summed E-state index contributed by atoms with van der Waals surface area (Å²) in [4.78, 5) is 0.281. The van der Waals surface area contributed by atoms with Gasteiger partial charge in [-0.25, -0.2) is 8.42 Å². The fourth-order valence-electron chi connectivity index (χ4n) is 4.02. The topological polar surface area (TPSA) is 58.6 Å². The van der Waals surface area contributed by atoms with Gasteiger partial charge in [-0.05, 0) is 53.1 Å². The Morgan fingerprint density at radius 3 is 2.29 bits per heavy atom. The second kappa shape index (κ2) is 9.50. The molecule has 1 aliphatic rings. The van der Waals surface area contributed by atoms with Crippen molar-refractivity contribution in [1.29, 1.82) is 0 Å². The molecule has 1 atom stereocenters. The quantitative estimate of drug-likeness (QED) is 0.348. The predicted molar refractivity (Wildman–Crippen MR) is 134 cm³/mol. The third-order valence-electron chi connectivity index (χ3n) is 5.73. The monoisotopic (exact) mass is 490 g/mol. The Kier molecular flexibility index (Phi) is 6.28. The summed E-state index contributed by atoms with van der Waals surface area (Å²) < 4.78 is 34.6. The van der Waals surface area contributed by atoms with Crippen LogP contribution in [0.2, 0.25) is 5.02 Å². The van der Waals surface area contributed by atoms with Gasteiger partial charge in [-0.15, -0.1) is 0 Å². The van der Waals surface area contributed by atoms with E-state index in [0.717, 1.165) is 16.7 Å². The molecule has 0 unspecified atom stereocenters. The van der Waals surface area contributed by atoms with E-state index in [2.05, 4.69) is 5.32 Å². The lowest BCUT2D eigenvalue weighted by Crippen LogP contribution is -2.42. The third kappa shape index (κ3) is 4.66. The molecule has 0 saturated carbocycles. The van der Waals surface area contributed by atoms with Gasteiger partial charge in [0.15, 0.2) is 0 Å². The highest BCUT2D eigenvalue weighted by Gasteiger charge is 2.38. The lowest BCUT2D eigenvalue weighted by Gasteiger charge is -2.37. The minimum atomic E-state index is -3.71. The van der Waals surface area contributed by atoms with Gasteiger partial charge in [0.05, 0.1) is 5.69 Å². The molecule has 0 aliphatic carbocycles. The van der Waals surface area contributed by atoms with Gasteiger partial charge >= 0.3 is 0 Å². The van der Waals surface area contributed by atoms with E-state index >= 15 is 0 Å². The average molecular weight is 491 g/mol. The second-order valence-corrected chi connectivity index (χ2v) is 10.4. The number of sulfonamides is 1. The summed E-state index contributed by atoms with van der Waals surface area (Å²) in [5, 5.41) is 4.08. The van der Waals surface area contributed by atoms with Crippen molar-refractivity contribution in [2.75, 3.05) is 5.32 Å². The highest BCUT2D eigenvalue weighted by molar-refractivity contribution is 7.89. The molecule has 34 heavy (non-hydrogen) atoms. The molecule has 0 spiro atoms. The fraction of sp³-hybridized carbons (Fsp3) is 0.111. The standard InChI is InChI=1S/C27H23ClN2O3S/c28-23-10-6-9-21(17-23)19-33-24-15-13-22(14-16-24)27-29-25-11-4-5-12-26(25)34(31,32)30(27)18-20-7-2-1-3-8-20/h1-17,27,29H,18-19H2/t27-/m1/s1. The lowest BCUT2D eigenvalue weighted by atomic mass is 10.1. The molecule has 5 rings (SSSR count). The van der Waals surface area contributed by atoms with Gasteiger partial charge in [-0.3, -0.25) is 0 Å². The number of hydrogen-bond donors (Lipinski definition) is 1. The third-order valence-corrected chi connectivity index (χ3v) is 7.83. The van der Waals surface area contributed by atoms with Gasteiger partial charge in [-0.1, -0.05) is 78.3 Å². The van der Waals surface area contributed by atoms with Gasteiger partial charge in [0, 0.05) is 11.6 Å². The zero-order chi connectivity index (χ0) is 23.5. The second-order valence-electron chi connectivity index (χ2n) is 8.07. The Labute approximate surface area is 204 Å². The van der Waals surface area contributed by atoms with Crippen molar-refractivity contribution in [2.45, 2.75) is 24.2 Å². The molecule has 0 fully saturated rings. The summed E-state index contributed by atoms with van der Waals surface area (Å²) in [6.45, 7) is 0.645. The van der Waals surface area contributed by atoms with Crippen molar-refractivity contribution in [3.05, 3.63) is 125 Å². The van der Waals surface area contributed by atoms with Crippen molar-refractivity contribution in [3.8, 4) is 5.75 Å². The summed E-state index contributed by atoms with van der Waals surface area (Å²) in [5.74, 6) is 0.692. The molecule has 1 heterocycles. The smallest absolute Gasteiger partial charge is 0.247 e. The molecule has 172 valence electrons. The van der Waals surface area contributed by atoms with E-state index in [1.165, 1.54) is 4.31 Å². The Morgan fingerprint density at radius 1 is 0.824 bits per heavy atom. The molecule has 4 aromatic carbocycles. The predicted octanol–water partition coefficient (Wildman–Crippen LogP) is 6.23. The number of ether oxygens (including phenoxy) is 1. The van der Waals surface area contributed by atoms with Gasteiger partial charge in [-0.2, -0.15) is 4.31 Å². The van der Waals surface area contributed by atoms with Crippen molar-refractivity contribution in [2.24, 2.45) is 0 Å². The molecule has 7 heteroatoms. The first-order valence-corrected chi connectivity index (χ1v) is 12.7. The highest BCUT2D eigenvalue weighted by Crippen LogP contribution is 2.39. The summed E-state index contributed by atoms with van der Waals surface area (Å²) in [5.41, 5.74) is 3.31. The van der Waals surface area contributed by atoms with Crippen LogP contribution in [0.25, 0.3) is 0 Å². The maximum Gasteiger partial charge on any atom is 0.247 e. The number of nitrogens with one attached hydrogen (secondary N) is 1. The van der Waals surface area contributed by atoms with Crippen LogP contribution in [0.4, 0.5) is 5.69 Å². The molecular formula is C27H23ClN2O3S. The molecule has 0 bridgehead atoms. The molecule has 0 aromatic heterocycles. The first-order chi connectivity index (χ1) is 16.5. The fourth-order valence-corrected chi connectivity index (χ4v) is 5.92. The maximum absolute atomic E-state index is 13.6. The van der Waals surface area contributed by atoms with E-state index < -0.39 is 16.2 Å². The highest BCUT2D eigenvalue weighted by atomic mass is 35.5. The summed E-state index contributed by atoms with van der Waals surface area (Å²) in [6, 6.07) is 31.6. The minimum absolute atomic E-state index is 0.252. The van der Waals surface area contributed by atoms with Crippen molar-refractivity contribution >= 4 is 27.3 Å². The number of fused-ring (bicyclic) bond motifs is 1. The molecule has 0 radical (unpaired) electrons. The summed E-state index contributed by atoms with van der Waals surface area (Å²) >= 11 is 6.05. The first-order valence-electron chi connectivity index (χ1n) is 10.9. The van der Waals surface area contributed by atoms with Crippen LogP contribution in [-0.2, 0) is 23.2 Å². The molecule has 0 amide bonds. The van der Waals surface area contributed by atoms with Crippen LogP contribution in [0.5, 0.6) is 5.75 Å². The van der Waals surface area contributed by atoms with E-state index in [-0.39, 0.29) is 11.4 Å². The minimum Gasteiger partial charge on any atom is -0.489 e. The van der Waals surface area contributed by atoms with Gasteiger partial charge < -0.3 is 10.1 Å². The normalized spacial score (nSPS) is 16.9. The van der Waals surface area contributed by atoms with Crippen molar-refractivity contribution < 1.29 is 13.2 Å². The number of hydrogen-bond acceptors (Lipinski definition) is 4. The maximum atomic E-state index is 13.6. The van der Waals surface area contributed by atoms with E-state index in [0.29, 0.717) is 23.1 Å².